The molecule has 0 fully saturated rings. The monoisotopic (exact) mass is 185 g/mol. The van der Waals surface area contributed by atoms with E-state index in [1.165, 1.54) is 21.9 Å². The molecule has 1 nitrogen and oxygen atoms in total. The smallest absolute Gasteiger partial charge is 0.0202 e. The molecule has 0 heterocycles. The Morgan fingerprint density at radius 2 is 2.00 bits per heavy atom. The van der Waals surface area contributed by atoms with Crippen LogP contribution in [-0.4, -0.2) is 7.05 Å². The van der Waals surface area contributed by atoms with E-state index in [1.54, 1.807) is 0 Å². The lowest BCUT2D eigenvalue weighted by Gasteiger charge is -2.05. The molecule has 0 aliphatic heterocycles. The van der Waals surface area contributed by atoms with Crippen molar-refractivity contribution in [1.29, 1.82) is 0 Å². The van der Waals surface area contributed by atoms with Gasteiger partial charge in [0.1, 0.15) is 0 Å². The fourth-order valence-corrected chi connectivity index (χ4v) is 1.79. The Bertz CT molecular complexity index is 446. The predicted octanol–water partition coefficient (Wildman–Crippen LogP) is 2.87. The van der Waals surface area contributed by atoms with Crippen molar-refractivity contribution in [1.82, 2.24) is 5.32 Å². The van der Waals surface area contributed by atoms with Crippen LogP contribution < -0.4 is 5.32 Å². The summed E-state index contributed by atoms with van der Waals surface area (Å²) in [6.45, 7) is 3.09. The summed E-state index contributed by atoms with van der Waals surface area (Å²) in [4.78, 5) is 0. The Hall–Kier alpha value is -1.34. The number of hydrogen-bond donors (Lipinski definition) is 1. The second-order valence-electron chi connectivity index (χ2n) is 3.66. The first kappa shape index (κ1) is 9.22. The van der Waals surface area contributed by atoms with Gasteiger partial charge in [0.2, 0.25) is 0 Å². The average Bonchev–Trinajstić information content (AvgIpc) is 2.20. The number of rotatable bonds is 2. The van der Waals surface area contributed by atoms with Crippen molar-refractivity contribution in [2.45, 2.75) is 13.5 Å². The third kappa shape index (κ3) is 1.64. The van der Waals surface area contributed by atoms with E-state index in [0.29, 0.717) is 0 Å². The lowest BCUT2D eigenvalue weighted by atomic mass is 10.0. The first-order valence-electron chi connectivity index (χ1n) is 4.94. The zero-order chi connectivity index (χ0) is 9.97. The average molecular weight is 185 g/mol. The zero-order valence-corrected chi connectivity index (χ0v) is 8.67. The fraction of sp³-hybridized carbons (Fsp3) is 0.231. The van der Waals surface area contributed by atoms with Crippen LogP contribution in [-0.2, 0) is 6.54 Å². The van der Waals surface area contributed by atoms with Gasteiger partial charge in [0, 0.05) is 6.54 Å². The van der Waals surface area contributed by atoms with Crippen molar-refractivity contribution in [2.24, 2.45) is 0 Å². The highest BCUT2D eigenvalue weighted by Crippen LogP contribution is 2.19. The second kappa shape index (κ2) is 3.81. The molecule has 72 valence electrons. The van der Waals surface area contributed by atoms with Crippen molar-refractivity contribution in [3.05, 3.63) is 47.5 Å². The SMILES string of the molecule is CNCc1ccc2cccc(C)c2c1. The summed E-state index contributed by atoms with van der Waals surface area (Å²) in [6, 6.07) is 13.1. The van der Waals surface area contributed by atoms with E-state index in [2.05, 4.69) is 48.6 Å². The van der Waals surface area contributed by atoms with E-state index in [0.717, 1.165) is 6.54 Å². The minimum atomic E-state index is 0.935. The maximum atomic E-state index is 3.17. The van der Waals surface area contributed by atoms with Gasteiger partial charge >= 0.3 is 0 Å². The largest absolute Gasteiger partial charge is 0.316 e. The molecule has 1 N–H and O–H groups in total. The molecule has 0 radical (unpaired) electrons. The van der Waals surface area contributed by atoms with Gasteiger partial charge in [0.05, 0.1) is 0 Å². The Labute approximate surface area is 84.8 Å². The van der Waals surface area contributed by atoms with Gasteiger partial charge in [-0.1, -0.05) is 30.3 Å². The molecule has 0 saturated heterocycles. The van der Waals surface area contributed by atoms with Gasteiger partial charge in [-0.15, -0.1) is 0 Å². The Morgan fingerprint density at radius 3 is 2.79 bits per heavy atom. The molecular weight excluding hydrogens is 170 g/mol. The summed E-state index contributed by atoms with van der Waals surface area (Å²) in [5, 5.41) is 5.85. The van der Waals surface area contributed by atoms with Gasteiger partial charge in [-0.2, -0.15) is 0 Å². The molecule has 2 rings (SSSR count). The quantitative estimate of drug-likeness (QED) is 0.758. The van der Waals surface area contributed by atoms with Crippen LogP contribution in [0.2, 0.25) is 0 Å². The highest BCUT2D eigenvalue weighted by atomic mass is 14.8. The Morgan fingerprint density at radius 1 is 1.14 bits per heavy atom. The lowest BCUT2D eigenvalue weighted by Crippen LogP contribution is -2.04. The molecule has 0 aliphatic rings. The molecule has 1 heteroatoms. The highest BCUT2D eigenvalue weighted by molar-refractivity contribution is 5.86. The van der Waals surface area contributed by atoms with Crippen LogP contribution >= 0.6 is 0 Å². The fourth-order valence-electron chi connectivity index (χ4n) is 1.79. The summed E-state index contributed by atoms with van der Waals surface area (Å²) in [5.41, 5.74) is 2.69. The van der Waals surface area contributed by atoms with Gasteiger partial charge in [-0.25, -0.2) is 0 Å². The van der Waals surface area contributed by atoms with E-state index < -0.39 is 0 Å². The summed E-state index contributed by atoms with van der Waals surface area (Å²) in [7, 11) is 1.97. The standard InChI is InChI=1S/C13H15N/c1-10-4-3-5-12-7-6-11(9-14-2)8-13(10)12/h3-8,14H,9H2,1-2H3. The summed E-state index contributed by atoms with van der Waals surface area (Å²) < 4.78 is 0. The van der Waals surface area contributed by atoms with E-state index in [4.69, 9.17) is 0 Å². The second-order valence-corrected chi connectivity index (χ2v) is 3.66. The van der Waals surface area contributed by atoms with Crippen molar-refractivity contribution >= 4 is 10.8 Å². The summed E-state index contributed by atoms with van der Waals surface area (Å²) in [6.07, 6.45) is 0. The molecule has 0 atom stereocenters. The molecule has 0 unspecified atom stereocenters. The van der Waals surface area contributed by atoms with Crippen LogP contribution in [0.15, 0.2) is 36.4 Å². The van der Waals surface area contributed by atoms with Crippen LogP contribution in [0.25, 0.3) is 10.8 Å². The van der Waals surface area contributed by atoms with E-state index in [9.17, 15) is 0 Å². The van der Waals surface area contributed by atoms with E-state index in [-0.39, 0.29) is 0 Å². The molecule has 0 aliphatic carbocycles. The van der Waals surface area contributed by atoms with Gasteiger partial charge in [-0.05, 0) is 41.9 Å². The first-order valence-corrected chi connectivity index (χ1v) is 4.94. The molecule has 2 aromatic carbocycles. The Balaban J connectivity index is 2.58. The van der Waals surface area contributed by atoms with E-state index >= 15 is 0 Å². The zero-order valence-electron chi connectivity index (χ0n) is 8.67. The molecule has 0 spiro atoms. The predicted molar refractivity (Wildman–Crippen MR) is 61.4 cm³/mol. The molecule has 0 amide bonds. The van der Waals surface area contributed by atoms with Crippen LogP contribution in [0.3, 0.4) is 0 Å². The van der Waals surface area contributed by atoms with Gasteiger partial charge < -0.3 is 5.32 Å². The topological polar surface area (TPSA) is 12.0 Å². The lowest BCUT2D eigenvalue weighted by molar-refractivity contribution is 0.819. The van der Waals surface area contributed by atoms with Crippen molar-refractivity contribution in [3.8, 4) is 0 Å². The maximum absolute atomic E-state index is 3.17. The molecule has 2 aromatic rings. The highest BCUT2D eigenvalue weighted by Gasteiger charge is 1.97. The van der Waals surface area contributed by atoms with Crippen molar-refractivity contribution in [2.75, 3.05) is 7.05 Å². The van der Waals surface area contributed by atoms with Gasteiger partial charge in [-0.3, -0.25) is 0 Å². The number of nitrogens with one attached hydrogen (secondary N) is 1. The number of benzene rings is 2. The number of hydrogen-bond acceptors (Lipinski definition) is 1. The minimum Gasteiger partial charge on any atom is -0.316 e. The normalized spacial score (nSPS) is 10.7. The van der Waals surface area contributed by atoms with Crippen LogP contribution in [0.4, 0.5) is 0 Å². The van der Waals surface area contributed by atoms with Crippen LogP contribution in [0, 0.1) is 6.92 Å². The molecular formula is C13H15N. The van der Waals surface area contributed by atoms with Crippen LogP contribution in [0.1, 0.15) is 11.1 Å². The first-order chi connectivity index (χ1) is 6.81. The van der Waals surface area contributed by atoms with Crippen molar-refractivity contribution < 1.29 is 0 Å². The van der Waals surface area contributed by atoms with Gasteiger partial charge in [0.15, 0.2) is 0 Å². The van der Waals surface area contributed by atoms with Gasteiger partial charge in [0.25, 0.3) is 0 Å². The molecule has 14 heavy (non-hydrogen) atoms. The summed E-state index contributed by atoms with van der Waals surface area (Å²) >= 11 is 0. The van der Waals surface area contributed by atoms with Crippen molar-refractivity contribution in [3.63, 3.8) is 0 Å². The number of aryl methyl sites for hydroxylation is 1. The minimum absolute atomic E-state index is 0.935. The Kier molecular flexibility index (Phi) is 2.51. The molecule has 0 saturated carbocycles. The molecule has 0 bridgehead atoms. The van der Waals surface area contributed by atoms with Crippen LogP contribution in [0.5, 0.6) is 0 Å². The third-order valence-electron chi connectivity index (χ3n) is 2.55. The number of fused-ring (bicyclic) bond motifs is 1. The summed E-state index contributed by atoms with van der Waals surface area (Å²) in [5.74, 6) is 0. The molecule has 0 aromatic heterocycles. The van der Waals surface area contributed by atoms with E-state index in [1.807, 2.05) is 7.05 Å². The third-order valence-corrected chi connectivity index (χ3v) is 2.55. The maximum Gasteiger partial charge on any atom is 0.0202 e.